The molecule has 1 aliphatic heterocycles. The van der Waals surface area contributed by atoms with Crippen LogP contribution < -0.4 is 16.0 Å². The number of imide groups is 1. The molecule has 1 unspecified atom stereocenters. The summed E-state index contributed by atoms with van der Waals surface area (Å²) in [5.74, 6) is 0.0389. The van der Waals surface area contributed by atoms with Crippen LogP contribution in [0.2, 0.25) is 0 Å². The van der Waals surface area contributed by atoms with Crippen molar-refractivity contribution < 1.29 is 9.59 Å². The van der Waals surface area contributed by atoms with Gasteiger partial charge in [-0.3, -0.25) is 14.9 Å². The van der Waals surface area contributed by atoms with E-state index in [0.717, 1.165) is 6.42 Å². The van der Waals surface area contributed by atoms with Crippen LogP contribution in [0.15, 0.2) is 0 Å². The molecule has 1 aromatic rings. The fraction of sp³-hybridized carbons (Fsp3) is 0.583. The van der Waals surface area contributed by atoms with Crippen LogP contribution in [-0.4, -0.2) is 34.2 Å². The van der Waals surface area contributed by atoms with Gasteiger partial charge in [-0.05, 0) is 20.3 Å². The average Bonchev–Trinajstić information content (AvgIpc) is 2.61. The van der Waals surface area contributed by atoms with Crippen LogP contribution >= 0.6 is 0 Å². The number of nitrogens with two attached hydrogens (primary N) is 1. The van der Waals surface area contributed by atoms with Crippen LogP contribution in [0, 0.1) is 6.92 Å². The summed E-state index contributed by atoms with van der Waals surface area (Å²) < 4.78 is 1.77. The summed E-state index contributed by atoms with van der Waals surface area (Å²) in [4.78, 5) is 25.0. The Kier molecular flexibility index (Phi) is 3.46. The lowest BCUT2D eigenvalue weighted by atomic mass is 10.2. The van der Waals surface area contributed by atoms with Crippen molar-refractivity contribution >= 4 is 23.3 Å². The molecule has 1 aliphatic rings. The summed E-state index contributed by atoms with van der Waals surface area (Å²) in [5, 5.41) is 6.68. The number of carbonyl (C=O) groups excluding carboxylic acids is 2. The summed E-state index contributed by atoms with van der Waals surface area (Å²) in [5.41, 5.74) is 7.30. The fourth-order valence-electron chi connectivity index (χ4n) is 2.23. The minimum absolute atomic E-state index is 0.117. The van der Waals surface area contributed by atoms with Gasteiger partial charge in [-0.1, -0.05) is 6.92 Å². The minimum atomic E-state index is -0.438. The lowest BCUT2D eigenvalue weighted by Gasteiger charge is -2.33. The first kappa shape index (κ1) is 13.4. The fourth-order valence-corrected chi connectivity index (χ4v) is 2.23. The van der Waals surface area contributed by atoms with Crippen molar-refractivity contribution in [1.29, 1.82) is 0 Å². The average molecular weight is 265 g/mol. The second-order valence-corrected chi connectivity index (χ2v) is 4.76. The predicted octanol–water partition coefficient (Wildman–Crippen LogP) is 0.0350. The Labute approximate surface area is 111 Å². The highest BCUT2D eigenvalue weighted by Crippen LogP contribution is 2.29. The first-order valence-corrected chi connectivity index (χ1v) is 6.39. The molecule has 7 nitrogen and oxygen atoms in total. The van der Waals surface area contributed by atoms with Crippen molar-refractivity contribution in [2.45, 2.75) is 39.8 Å². The summed E-state index contributed by atoms with van der Waals surface area (Å²) in [7, 11) is 0. The number of rotatable bonds is 3. The lowest BCUT2D eigenvalue weighted by molar-refractivity contribution is -0.132. The van der Waals surface area contributed by atoms with Gasteiger partial charge >= 0.3 is 0 Å². The van der Waals surface area contributed by atoms with Crippen LogP contribution in [0.4, 0.5) is 11.5 Å². The Morgan fingerprint density at radius 2 is 2.16 bits per heavy atom. The molecule has 0 bridgehead atoms. The van der Waals surface area contributed by atoms with Crippen molar-refractivity contribution in [1.82, 2.24) is 15.1 Å². The van der Waals surface area contributed by atoms with Crippen LogP contribution in [0.1, 0.15) is 26.0 Å². The molecule has 0 radical (unpaired) electrons. The van der Waals surface area contributed by atoms with Crippen molar-refractivity contribution in [2.75, 3.05) is 17.2 Å². The number of nitrogens with one attached hydrogen (secondary N) is 1. The summed E-state index contributed by atoms with van der Waals surface area (Å²) >= 11 is 0. The molecule has 1 aromatic heterocycles. The standard InChI is InChI=1S/C12H19N5O2/c1-4-5-17-12(10(13)7(2)15-17)16-6-9(18)14-11(19)8(16)3/h8H,4-6,13H2,1-3H3,(H,14,18,19). The van der Waals surface area contributed by atoms with Crippen LogP contribution in [-0.2, 0) is 16.1 Å². The van der Waals surface area contributed by atoms with E-state index in [4.69, 9.17) is 5.73 Å². The molecule has 0 spiro atoms. The van der Waals surface area contributed by atoms with E-state index in [2.05, 4.69) is 10.4 Å². The summed E-state index contributed by atoms with van der Waals surface area (Å²) in [6, 6.07) is -0.438. The number of aromatic nitrogens is 2. The van der Waals surface area contributed by atoms with Crippen molar-refractivity contribution in [3.8, 4) is 0 Å². The molecule has 3 N–H and O–H groups in total. The van der Waals surface area contributed by atoms with Gasteiger partial charge in [-0.2, -0.15) is 5.10 Å². The van der Waals surface area contributed by atoms with Crippen molar-refractivity contribution in [3.63, 3.8) is 0 Å². The number of piperazine rings is 1. The normalized spacial score (nSPS) is 19.7. The second-order valence-electron chi connectivity index (χ2n) is 4.76. The number of hydrogen-bond acceptors (Lipinski definition) is 5. The highest BCUT2D eigenvalue weighted by atomic mass is 16.2. The number of anilines is 2. The number of nitrogen functional groups attached to an aromatic ring is 1. The molecular formula is C12H19N5O2. The van der Waals surface area contributed by atoms with Crippen LogP contribution in [0.3, 0.4) is 0 Å². The van der Waals surface area contributed by atoms with Gasteiger partial charge in [0.25, 0.3) is 0 Å². The zero-order valence-corrected chi connectivity index (χ0v) is 11.4. The third-order valence-electron chi connectivity index (χ3n) is 3.28. The molecular weight excluding hydrogens is 246 g/mol. The molecule has 7 heteroatoms. The molecule has 0 aromatic carbocycles. The Hall–Kier alpha value is -2.05. The number of amides is 2. The Balaban J connectivity index is 2.44. The second kappa shape index (κ2) is 4.91. The first-order chi connectivity index (χ1) is 8.95. The van der Waals surface area contributed by atoms with E-state index in [-0.39, 0.29) is 18.4 Å². The highest BCUT2D eigenvalue weighted by Gasteiger charge is 2.33. The number of carbonyl (C=O) groups is 2. The zero-order valence-electron chi connectivity index (χ0n) is 11.4. The third kappa shape index (κ3) is 2.27. The molecule has 104 valence electrons. The smallest absolute Gasteiger partial charge is 0.249 e. The number of aryl methyl sites for hydroxylation is 2. The van der Waals surface area contributed by atoms with Gasteiger partial charge in [0.2, 0.25) is 11.8 Å². The maximum Gasteiger partial charge on any atom is 0.249 e. The SMILES string of the molecule is CCCn1nc(C)c(N)c1N1CC(=O)NC(=O)C1C. The zero-order chi connectivity index (χ0) is 14.2. The topological polar surface area (TPSA) is 93.2 Å². The van der Waals surface area contributed by atoms with Gasteiger partial charge in [0, 0.05) is 6.54 Å². The van der Waals surface area contributed by atoms with Gasteiger partial charge in [0.05, 0.1) is 17.9 Å². The monoisotopic (exact) mass is 265 g/mol. The van der Waals surface area contributed by atoms with Gasteiger partial charge in [-0.15, -0.1) is 0 Å². The van der Waals surface area contributed by atoms with Gasteiger partial charge < -0.3 is 10.6 Å². The maximum atomic E-state index is 11.7. The largest absolute Gasteiger partial charge is 0.394 e. The Bertz CT molecular complexity index is 522. The van der Waals surface area contributed by atoms with Crippen molar-refractivity contribution in [2.24, 2.45) is 0 Å². The van der Waals surface area contributed by atoms with Gasteiger partial charge in [0.1, 0.15) is 6.04 Å². The quantitative estimate of drug-likeness (QED) is 0.752. The maximum absolute atomic E-state index is 11.7. The summed E-state index contributed by atoms with van der Waals surface area (Å²) in [6.45, 7) is 6.42. The van der Waals surface area contributed by atoms with Crippen molar-refractivity contribution in [3.05, 3.63) is 5.69 Å². The third-order valence-corrected chi connectivity index (χ3v) is 3.28. The molecule has 1 saturated heterocycles. The van der Waals surface area contributed by atoms with Crippen LogP contribution in [0.5, 0.6) is 0 Å². The highest BCUT2D eigenvalue weighted by molar-refractivity contribution is 6.04. The van der Waals surface area contributed by atoms with E-state index in [1.54, 1.807) is 16.5 Å². The molecule has 2 amide bonds. The summed E-state index contributed by atoms with van der Waals surface area (Å²) in [6.07, 6.45) is 0.899. The van der Waals surface area contributed by atoms with Gasteiger partial charge in [-0.25, -0.2) is 4.68 Å². The van der Waals surface area contributed by atoms with E-state index in [1.165, 1.54) is 0 Å². The molecule has 2 heterocycles. The van der Waals surface area contributed by atoms with E-state index in [0.29, 0.717) is 23.7 Å². The molecule has 19 heavy (non-hydrogen) atoms. The predicted molar refractivity (Wildman–Crippen MR) is 71.6 cm³/mol. The number of nitrogens with zero attached hydrogens (tertiary/aromatic N) is 3. The molecule has 1 fully saturated rings. The molecule has 0 saturated carbocycles. The first-order valence-electron chi connectivity index (χ1n) is 6.39. The lowest BCUT2D eigenvalue weighted by Crippen LogP contribution is -2.57. The van der Waals surface area contributed by atoms with E-state index in [1.807, 2.05) is 13.8 Å². The minimum Gasteiger partial charge on any atom is -0.394 e. The van der Waals surface area contributed by atoms with E-state index in [9.17, 15) is 9.59 Å². The molecule has 0 aliphatic carbocycles. The molecule has 1 atom stereocenters. The Morgan fingerprint density at radius 1 is 1.47 bits per heavy atom. The number of hydrogen-bond donors (Lipinski definition) is 2. The van der Waals surface area contributed by atoms with Gasteiger partial charge in [0.15, 0.2) is 5.82 Å². The van der Waals surface area contributed by atoms with E-state index < -0.39 is 6.04 Å². The van der Waals surface area contributed by atoms with E-state index >= 15 is 0 Å². The van der Waals surface area contributed by atoms with Crippen LogP contribution in [0.25, 0.3) is 0 Å². The molecule has 2 rings (SSSR count). The Morgan fingerprint density at radius 3 is 2.79 bits per heavy atom.